The average molecular weight is 485 g/mol. The summed E-state index contributed by atoms with van der Waals surface area (Å²) in [6, 6.07) is 3.51. The van der Waals surface area contributed by atoms with E-state index in [1.54, 1.807) is 13.0 Å². The van der Waals surface area contributed by atoms with Crippen LogP contribution in [0.4, 0.5) is 14.4 Å². The quantitative estimate of drug-likeness (QED) is 0.201. The molecular formula is C22H31NO11. The highest BCUT2D eigenvalue weighted by molar-refractivity contribution is 5.76. The van der Waals surface area contributed by atoms with Crippen molar-refractivity contribution in [3.05, 3.63) is 23.8 Å². The van der Waals surface area contributed by atoms with Gasteiger partial charge in [-0.1, -0.05) is 19.4 Å². The van der Waals surface area contributed by atoms with E-state index in [0.29, 0.717) is 5.56 Å². The number of ether oxygens (including phenoxy) is 7. The van der Waals surface area contributed by atoms with Gasteiger partial charge in [0.1, 0.15) is 18.8 Å². The van der Waals surface area contributed by atoms with Crippen molar-refractivity contribution in [2.75, 3.05) is 34.5 Å². The number of esters is 1. The van der Waals surface area contributed by atoms with Gasteiger partial charge in [0, 0.05) is 6.54 Å². The van der Waals surface area contributed by atoms with Gasteiger partial charge in [0.2, 0.25) is 0 Å². The number of nitrogens with one attached hydrogen (secondary N) is 1. The van der Waals surface area contributed by atoms with Gasteiger partial charge in [0.15, 0.2) is 11.5 Å². The van der Waals surface area contributed by atoms with Crippen LogP contribution in [0, 0.1) is 0 Å². The van der Waals surface area contributed by atoms with Crippen LogP contribution in [0.1, 0.15) is 32.3 Å². The number of rotatable bonds is 12. The molecule has 12 heteroatoms. The standard InChI is InChI=1S/C22H31NO11/c1-6-7-14(2)32-22(27)31-11-10-23-16(19(24)28-3)12-15-8-9-17(33-20(25)29-4)18(13-15)34-21(26)30-5/h8-9,13-14,16,23H,6-7,10-12H2,1-5H3/t14?,16-/m0/s1. The summed E-state index contributed by atoms with van der Waals surface area (Å²) in [7, 11) is 3.48. The molecule has 2 atom stereocenters. The second-order valence-electron chi connectivity index (χ2n) is 6.94. The monoisotopic (exact) mass is 485 g/mol. The lowest BCUT2D eigenvalue weighted by Gasteiger charge is -2.18. The van der Waals surface area contributed by atoms with Gasteiger partial charge in [0.25, 0.3) is 0 Å². The van der Waals surface area contributed by atoms with Crippen molar-refractivity contribution in [2.45, 2.75) is 45.3 Å². The molecule has 0 aliphatic heterocycles. The van der Waals surface area contributed by atoms with Crippen LogP contribution in [-0.4, -0.2) is 71.1 Å². The van der Waals surface area contributed by atoms with Gasteiger partial charge in [0.05, 0.1) is 21.3 Å². The van der Waals surface area contributed by atoms with Gasteiger partial charge in [-0.3, -0.25) is 4.79 Å². The fourth-order valence-electron chi connectivity index (χ4n) is 2.75. The summed E-state index contributed by atoms with van der Waals surface area (Å²) in [5, 5.41) is 2.94. The topological polar surface area (TPSA) is 145 Å². The maximum atomic E-state index is 12.2. The van der Waals surface area contributed by atoms with E-state index in [9.17, 15) is 19.2 Å². The SMILES string of the molecule is CCCC(C)OC(=O)OCCN[C@@H](Cc1ccc(OC(=O)OC)c(OC(=O)OC)c1)C(=O)OC. The smallest absolute Gasteiger partial charge is 0.468 e. The van der Waals surface area contributed by atoms with Gasteiger partial charge >= 0.3 is 24.4 Å². The van der Waals surface area contributed by atoms with E-state index in [4.69, 9.17) is 23.7 Å². The first-order valence-electron chi connectivity index (χ1n) is 10.5. The number of methoxy groups -OCH3 is 3. The molecule has 1 unspecified atom stereocenters. The highest BCUT2D eigenvalue weighted by Gasteiger charge is 2.22. The Kier molecular flexibility index (Phi) is 12.8. The summed E-state index contributed by atoms with van der Waals surface area (Å²) in [4.78, 5) is 46.9. The zero-order valence-electron chi connectivity index (χ0n) is 19.9. The van der Waals surface area contributed by atoms with E-state index in [0.717, 1.165) is 27.1 Å². The zero-order chi connectivity index (χ0) is 25.5. The van der Waals surface area contributed by atoms with Crippen molar-refractivity contribution in [1.82, 2.24) is 5.32 Å². The van der Waals surface area contributed by atoms with Gasteiger partial charge in [-0.05, 0) is 37.5 Å². The Morgan fingerprint density at radius 2 is 1.56 bits per heavy atom. The summed E-state index contributed by atoms with van der Waals surface area (Å²) < 4.78 is 33.8. The third kappa shape index (κ3) is 10.4. The number of carbonyl (C=O) groups excluding carboxylic acids is 4. The van der Waals surface area contributed by atoms with Crippen LogP contribution in [-0.2, 0) is 34.9 Å². The minimum absolute atomic E-state index is 0.0339. The van der Waals surface area contributed by atoms with Crippen molar-refractivity contribution in [3.8, 4) is 11.5 Å². The number of hydrogen-bond acceptors (Lipinski definition) is 12. The Morgan fingerprint density at radius 3 is 2.15 bits per heavy atom. The zero-order valence-corrected chi connectivity index (χ0v) is 19.9. The third-order valence-electron chi connectivity index (χ3n) is 4.36. The number of benzene rings is 1. The van der Waals surface area contributed by atoms with Gasteiger partial charge in [-0.2, -0.15) is 0 Å². The van der Waals surface area contributed by atoms with Crippen LogP contribution in [0.3, 0.4) is 0 Å². The molecule has 1 aromatic rings. The molecule has 1 N–H and O–H groups in total. The van der Waals surface area contributed by atoms with Crippen molar-refractivity contribution in [1.29, 1.82) is 0 Å². The molecule has 0 aliphatic rings. The fraction of sp³-hybridized carbons (Fsp3) is 0.545. The van der Waals surface area contributed by atoms with Gasteiger partial charge in [-0.15, -0.1) is 0 Å². The van der Waals surface area contributed by atoms with Crippen LogP contribution in [0.2, 0.25) is 0 Å². The van der Waals surface area contributed by atoms with Crippen LogP contribution in [0.25, 0.3) is 0 Å². The molecule has 0 aliphatic carbocycles. The summed E-state index contributed by atoms with van der Waals surface area (Å²) in [5.74, 6) is -0.775. The second kappa shape index (κ2) is 15.3. The molecule has 0 saturated carbocycles. The normalized spacial score (nSPS) is 12.0. The van der Waals surface area contributed by atoms with E-state index in [2.05, 4.69) is 14.8 Å². The lowest BCUT2D eigenvalue weighted by Crippen LogP contribution is -2.41. The van der Waals surface area contributed by atoms with Crippen LogP contribution < -0.4 is 14.8 Å². The molecule has 0 saturated heterocycles. The van der Waals surface area contributed by atoms with E-state index in [1.165, 1.54) is 19.2 Å². The molecule has 34 heavy (non-hydrogen) atoms. The molecule has 190 valence electrons. The molecule has 0 aromatic heterocycles. The highest BCUT2D eigenvalue weighted by Crippen LogP contribution is 2.30. The maximum absolute atomic E-state index is 12.2. The Hall–Kier alpha value is -3.54. The maximum Gasteiger partial charge on any atom is 0.513 e. The molecule has 0 spiro atoms. The Balaban J connectivity index is 2.81. The average Bonchev–Trinajstić information content (AvgIpc) is 2.81. The predicted octanol–water partition coefficient (Wildman–Crippen LogP) is 2.99. The second-order valence-corrected chi connectivity index (χ2v) is 6.94. The minimum atomic E-state index is -1.04. The molecular weight excluding hydrogens is 454 g/mol. The molecule has 1 aromatic carbocycles. The summed E-state index contributed by atoms with van der Waals surface area (Å²) in [5.41, 5.74) is 0.535. The van der Waals surface area contributed by atoms with E-state index < -0.39 is 30.5 Å². The molecule has 0 fully saturated rings. The molecule has 12 nitrogen and oxygen atoms in total. The lowest BCUT2D eigenvalue weighted by molar-refractivity contribution is -0.143. The first kappa shape index (κ1) is 28.5. The Morgan fingerprint density at radius 1 is 0.912 bits per heavy atom. The fourth-order valence-corrected chi connectivity index (χ4v) is 2.75. The first-order chi connectivity index (χ1) is 16.2. The van der Waals surface area contributed by atoms with Crippen LogP contribution in [0.5, 0.6) is 11.5 Å². The van der Waals surface area contributed by atoms with E-state index in [1.807, 2.05) is 6.92 Å². The van der Waals surface area contributed by atoms with Crippen molar-refractivity contribution in [2.24, 2.45) is 0 Å². The molecule has 0 heterocycles. The van der Waals surface area contributed by atoms with Crippen LogP contribution in [0.15, 0.2) is 18.2 Å². The summed E-state index contributed by atoms with van der Waals surface area (Å²) >= 11 is 0. The molecule has 1 rings (SSSR count). The Bertz CT molecular complexity index is 827. The summed E-state index contributed by atoms with van der Waals surface area (Å²) in [6.07, 6.45) is -1.38. The molecule has 0 amide bonds. The van der Waals surface area contributed by atoms with Crippen molar-refractivity contribution < 1.29 is 52.3 Å². The first-order valence-corrected chi connectivity index (χ1v) is 10.5. The van der Waals surface area contributed by atoms with E-state index >= 15 is 0 Å². The van der Waals surface area contributed by atoms with E-state index in [-0.39, 0.29) is 37.2 Å². The number of hydrogen-bond donors (Lipinski definition) is 1. The predicted molar refractivity (Wildman–Crippen MR) is 117 cm³/mol. The molecule has 0 bridgehead atoms. The summed E-state index contributed by atoms with van der Waals surface area (Å²) in [6.45, 7) is 3.86. The van der Waals surface area contributed by atoms with Crippen LogP contribution >= 0.6 is 0 Å². The van der Waals surface area contributed by atoms with Gasteiger partial charge in [-0.25, -0.2) is 14.4 Å². The Labute approximate surface area is 197 Å². The minimum Gasteiger partial charge on any atom is -0.468 e. The van der Waals surface area contributed by atoms with Crippen molar-refractivity contribution >= 4 is 24.4 Å². The lowest BCUT2D eigenvalue weighted by atomic mass is 10.1. The number of carbonyl (C=O) groups is 4. The molecule has 0 radical (unpaired) electrons. The largest absolute Gasteiger partial charge is 0.513 e. The highest BCUT2D eigenvalue weighted by atomic mass is 16.7. The third-order valence-corrected chi connectivity index (χ3v) is 4.36. The van der Waals surface area contributed by atoms with Crippen molar-refractivity contribution in [3.63, 3.8) is 0 Å². The van der Waals surface area contributed by atoms with Gasteiger partial charge < -0.3 is 38.5 Å².